The van der Waals surface area contributed by atoms with Crippen molar-refractivity contribution >= 4 is 17.7 Å². The van der Waals surface area contributed by atoms with Gasteiger partial charge in [-0.05, 0) is 17.9 Å². The number of nitrogens with zero attached hydrogens (tertiary/aromatic N) is 1. The van der Waals surface area contributed by atoms with Crippen LogP contribution in [0.1, 0.15) is 19.5 Å². The molecule has 1 heterocycles. The first kappa shape index (κ1) is 15.3. The van der Waals surface area contributed by atoms with E-state index in [0.29, 0.717) is 5.82 Å². The lowest BCUT2D eigenvalue weighted by atomic mass is 10.1. The maximum atomic E-state index is 12.5. The Morgan fingerprint density at radius 3 is 2.43 bits per heavy atom. The number of amides is 1. The van der Waals surface area contributed by atoms with E-state index < -0.39 is 23.2 Å². The molecule has 1 fully saturated rings. The van der Waals surface area contributed by atoms with E-state index in [1.807, 2.05) is 37.3 Å². The molecule has 1 aromatic carbocycles. The highest BCUT2D eigenvalue weighted by molar-refractivity contribution is 6.01. The predicted molar refractivity (Wildman–Crippen MR) is 85.8 cm³/mol. The van der Waals surface area contributed by atoms with E-state index in [9.17, 15) is 14.7 Å². The molecule has 1 aromatic heterocycles. The molecular weight excluding hydrogens is 294 g/mol. The van der Waals surface area contributed by atoms with E-state index in [0.717, 1.165) is 16.8 Å². The summed E-state index contributed by atoms with van der Waals surface area (Å²) in [5.74, 6) is -1.99. The number of rotatable bonds is 4. The molecule has 1 aliphatic rings. The summed E-state index contributed by atoms with van der Waals surface area (Å²) in [5, 5.41) is 19.0. The number of carboxylic acids is 1. The number of carboxylic acid groups (broad SMARTS) is 1. The monoisotopic (exact) mass is 313 g/mol. The van der Waals surface area contributed by atoms with Gasteiger partial charge in [0.25, 0.3) is 0 Å². The SMILES string of the molecule is Cc1[nH]nc(NC(=O)[C@H]2[C@@H](C(=O)O)C2(C)C)c1-c1ccccc1. The predicted octanol–water partition coefficient (Wildman–Crippen LogP) is 2.68. The van der Waals surface area contributed by atoms with E-state index in [2.05, 4.69) is 15.5 Å². The van der Waals surface area contributed by atoms with Crippen molar-refractivity contribution in [2.24, 2.45) is 17.3 Å². The van der Waals surface area contributed by atoms with Gasteiger partial charge in [-0.1, -0.05) is 44.2 Å². The number of H-pyrrole nitrogens is 1. The average molecular weight is 313 g/mol. The van der Waals surface area contributed by atoms with Crippen LogP contribution >= 0.6 is 0 Å². The van der Waals surface area contributed by atoms with Crippen LogP contribution in [0.4, 0.5) is 5.82 Å². The number of aliphatic carboxylic acids is 1. The Labute approximate surface area is 133 Å². The summed E-state index contributed by atoms with van der Waals surface area (Å²) in [6, 6.07) is 9.63. The van der Waals surface area contributed by atoms with Crippen molar-refractivity contribution in [3.8, 4) is 11.1 Å². The fourth-order valence-corrected chi connectivity index (χ4v) is 3.26. The summed E-state index contributed by atoms with van der Waals surface area (Å²) in [6.07, 6.45) is 0. The molecule has 0 aliphatic heterocycles. The van der Waals surface area contributed by atoms with Crippen LogP contribution in [0.2, 0.25) is 0 Å². The summed E-state index contributed by atoms with van der Waals surface area (Å²) in [6.45, 7) is 5.47. The van der Waals surface area contributed by atoms with Crippen LogP contribution in [-0.4, -0.2) is 27.2 Å². The van der Waals surface area contributed by atoms with Crippen LogP contribution in [0, 0.1) is 24.2 Å². The van der Waals surface area contributed by atoms with Crippen molar-refractivity contribution in [2.45, 2.75) is 20.8 Å². The van der Waals surface area contributed by atoms with Crippen LogP contribution in [0.5, 0.6) is 0 Å². The van der Waals surface area contributed by atoms with Gasteiger partial charge in [0.2, 0.25) is 5.91 Å². The topological polar surface area (TPSA) is 95.1 Å². The van der Waals surface area contributed by atoms with Crippen LogP contribution in [0.25, 0.3) is 11.1 Å². The fraction of sp³-hybridized carbons (Fsp3) is 0.353. The molecule has 6 nitrogen and oxygen atoms in total. The second-order valence-electron chi connectivity index (χ2n) is 6.54. The normalized spacial score (nSPS) is 21.7. The number of aryl methyl sites for hydroxylation is 1. The van der Waals surface area contributed by atoms with Gasteiger partial charge in [-0.15, -0.1) is 0 Å². The largest absolute Gasteiger partial charge is 0.481 e. The van der Waals surface area contributed by atoms with Gasteiger partial charge in [0, 0.05) is 11.3 Å². The lowest BCUT2D eigenvalue weighted by Gasteiger charge is -2.07. The number of anilines is 1. The minimum absolute atomic E-state index is 0.300. The van der Waals surface area contributed by atoms with E-state index in [1.54, 1.807) is 13.8 Å². The van der Waals surface area contributed by atoms with Crippen LogP contribution < -0.4 is 5.32 Å². The number of carbonyl (C=O) groups excluding carboxylic acids is 1. The number of benzene rings is 1. The highest BCUT2D eigenvalue weighted by Crippen LogP contribution is 2.58. The number of hydrogen-bond acceptors (Lipinski definition) is 3. The maximum Gasteiger partial charge on any atom is 0.307 e. The molecule has 3 rings (SSSR count). The van der Waals surface area contributed by atoms with E-state index in [-0.39, 0.29) is 5.91 Å². The second kappa shape index (κ2) is 5.22. The molecule has 0 bridgehead atoms. The minimum Gasteiger partial charge on any atom is -0.481 e. The number of carbonyl (C=O) groups is 2. The molecule has 2 aromatic rings. The van der Waals surface area contributed by atoms with Crippen molar-refractivity contribution in [3.63, 3.8) is 0 Å². The second-order valence-corrected chi connectivity index (χ2v) is 6.54. The first-order valence-corrected chi connectivity index (χ1v) is 7.48. The van der Waals surface area contributed by atoms with Crippen LogP contribution in [0.3, 0.4) is 0 Å². The summed E-state index contributed by atoms with van der Waals surface area (Å²) >= 11 is 0. The van der Waals surface area contributed by atoms with Crippen molar-refractivity contribution in [2.75, 3.05) is 5.32 Å². The van der Waals surface area contributed by atoms with Gasteiger partial charge in [0.05, 0.1) is 11.8 Å². The van der Waals surface area contributed by atoms with Crippen molar-refractivity contribution in [1.82, 2.24) is 10.2 Å². The summed E-state index contributed by atoms with van der Waals surface area (Å²) < 4.78 is 0. The van der Waals surface area contributed by atoms with Crippen LogP contribution in [-0.2, 0) is 9.59 Å². The van der Waals surface area contributed by atoms with E-state index >= 15 is 0 Å². The molecule has 1 aliphatic carbocycles. The third-order valence-corrected chi connectivity index (χ3v) is 4.63. The molecule has 1 saturated carbocycles. The van der Waals surface area contributed by atoms with E-state index in [4.69, 9.17) is 0 Å². The van der Waals surface area contributed by atoms with Gasteiger partial charge in [-0.2, -0.15) is 5.10 Å². The molecule has 1 amide bonds. The maximum absolute atomic E-state index is 12.5. The smallest absolute Gasteiger partial charge is 0.307 e. The molecule has 2 atom stereocenters. The van der Waals surface area contributed by atoms with Gasteiger partial charge < -0.3 is 10.4 Å². The molecule has 0 radical (unpaired) electrons. The Morgan fingerprint density at radius 1 is 1.22 bits per heavy atom. The number of aromatic nitrogens is 2. The third-order valence-electron chi connectivity index (χ3n) is 4.63. The summed E-state index contributed by atoms with van der Waals surface area (Å²) in [7, 11) is 0. The molecule has 120 valence electrons. The minimum atomic E-state index is -0.934. The van der Waals surface area contributed by atoms with Crippen molar-refractivity contribution in [3.05, 3.63) is 36.0 Å². The number of hydrogen-bond donors (Lipinski definition) is 3. The fourth-order valence-electron chi connectivity index (χ4n) is 3.26. The van der Waals surface area contributed by atoms with E-state index in [1.165, 1.54) is 0 Å². The van der Waals surface area contributed by atoms with Crippen LogP contribution in [0.15, 0.2) is 30.3 Å². The molecule has 6 heteroatoms. The number of nitrogens with one attached hydrogen (secondary N) is 2. The number of aromatic amines is 1. The molecular formula is C17H19N3O3. The molecule has 23 heavy (non-hydrogen) atoms. The van der Waals surface area contributed by atoms with Crippen molar-refractivity contribution < 1.29 is 14.7 Å². The molecule has 0 spiro atoms. The zero-order chi connectivity index (χ0) is 16.8. The highest BCUT2D eigenvalue weighted by atomic mass is 16.4. The van der Waals surface area contributed by atoms with Gasteiger partial charge >= 0.3 is 5.97 Å². The Bertz CT molecular complexity index is 765. The van der Waals surface area contributed by atoms with Gasteiger partial charge in [-0.3, -0.25) is 14.7 Å². The lowest BCUT2D eigenvalue weighted by Crippen LogP contribution is -2.18. The quantitative estimate of drug-likeness (QED) is 0.808. The molecule has 0 saturated heterocycles. The molecule has 0 unspecified atom stereocenters. The standard InChI is InChI=1S/C17H19N3O3/c1-9-11(10-7-5-4-6-8-10)14(20-19-9)18-15(21)12-13(16(22)23)17(12,2)3/h4-8,12-13H,1-3H3,(H,22,23)(H2,18,19,20,21)/t12-,13+/m1/s1. The van der Waals surface area contributed by atoms with Gasteiger partial charge in [0.15, 0.2) is 5.82 Å². The van der Waals surface area contributed by atoms with Gasteiger partial charge in [-0.25, -0.2) is 0 Å². The Hall–Kier alpha value is -2.63. The zero-order valence-corrected chi connectivity index (χ0v) is 13.3. The first-order valence-electron chi connectivity index (χ1n) is 7.48. The summed E-state index contributed by atoms with van der Waals surface area (Å²) in [5.41, 5.74) is 2.08. The lowest BCUT2D eigenvalue weighted by molar-refractivity contribution is -0.140. The van der Waals surface area contributed by atoms with Gasteiger partial charge in [0.1, 0.15) is 0 Å². The Morgan fingerprint density at radius 2 is 1.87 bits per heavy atom. The Balaban J connectivity index is 1.85. The zero-order valence-electron chi connectivity index (χ0n) is 13.3. The third kappa shape index (κ3) is 2.50. The average Bonchev–Trinajstić information content (AvgIpc) is 2.91. The first-order chi connectivity index (χ1) is 10.8. The molecule has 3 N–H and O–H groups in total. The van der Waals surface area contributed by atoms with Crippen molar-refractivity contribution in [1.29, 1.82) is 0 Å². The summed E-state index contributed by atoms with van der Waals surface area (Å²) in [4.78, 5) is 23.7. The highest BCUT2D eigenvalue weighted by Gasteiger charge is 2.66. The Kier molecular flexibility index (Phi) is 3.47.